The Balaban J connectivity index is 2.07. The number of ether oxygens (including phenoxy) is 1. The van der Waals surface area contributed by atoms with Gasteiger partial charge in [-0.25, -0.2) is 4.39 Å². The summed E-state index contributed by atoms with van der Waals surface area (Å²) in [5.74, 6) is 0.199. The summed E-state index contributed by atoms with van der Waals surface area (Å²) >= 11 is 9.23. The van der Waals surface area contributed by atoms with Crippen LogP contribution in [-0.4, -0.2) is 0 Å². The van der Waals surface area contributed by atoms with Crippen LogP contribution in [0.15, 0.2) is 46.9 Å². The van der Waals surface area contributed by atoms with Gasteiger partial charge in [-0.15, -0.1) is 0 Å². The molecule has 0 spiro atoms. The van der Waals surface area contributed by atoms with Gasteiger partial charge in [-0.3, -0.25) is 0 Å². The van der Waals surface area contributed by atoms with Crippen molar-refractivity contribution in [3.05, 3.63) is 63.3 Å². The van der Waals surface area contributed by atoms with E-state index in [1.54, 1.807) is 24.3 Å². The first-order chi connectivity index (χ1) is 8.15. The molecular formula is C13H9BrClFO. The van der Waals surface area contributed by atoms with Gasteiger partial charge < -0.3 is 4.74 Å². The summed E-state index contributed by atoms with van der Waals surface area (Å²) in [6.45, 7) is 0.362. The molecule has 4 heteroatoms. The lowest BCUT2D eigenvalue weighted by Gasteiger charge is -2.08. The van der Waals surface area contributed by atoms with Crippen LogP contribution in [0.25, 0.3) is 0 Å². The summed E-state index contributed by atoms with van der Waals surface area (Å²) in [6.07, 6.45) is 0. The number of rotatable bonds is 3. The third-order valence-electron chi connectivity index (χ3n) is 2.21. The fourth-order valence-electron chi connectivity index (χ4n) is 1.36. The van der Waals surface area contributed by atoms with Crippen molar-refractivity contribution in [2.75, 3.05) is 0 Å². The molecule has 0 amide bonds. The Hall–Kier alpha value is -1.06. The first-order valence-electron chi connectivity index (χ1n) is 4.97. The highest BCUT2D eigenvalue weighted by Crippen LogP contribution is 2.23. The molecule has 0 aliphatic heterocycles. The minimum Gasteiger partial charge on any atom is -0.489 e. The third kappa shape index (κ3) is 3.45. The molecule has 2 aromatic rings. The largest absolute Gasteiger partial charge is 0.489 e. The summed E-state index contributed by atoms with van der Waals surface area (Å²) in [5.41, 5.74) is 0.957. The summed E-state index contributed by atoms with van der Waals surface area (Å²) in [4.78, 5) is 0. The number of hydrogen-bond acceptors (Lipinski definition) is 1. The maximum atomic E-state index is 12.9. The van der Waals surface area contributed by atoms with E-state index in [9.17, 15) is 4.39 Å². The van der Waals surface area contributed by atoms with Crippen LogP contribution in [-0.2, 0) is 6.61 Å². The second-order valence-corrected chi connectivity index (χ2v) is 4.77. The number of hydrogen-bond donors (Lipinski definition) is 0. The maximum Gasteiger partial charge on any atom is 0.126 e. The zero-order valence-electron chi connectivity index (χ0n) is 8.79. The molecule has 17 heavy (non-hydrogen) atoms. The van der Waals surface area contributed by atoms with Crippen LogP contribution in [0.4, 0.5) is 4.39 Å². The smallest absolute Gasteiger partial charge is 0.126 e. The Kier molecular flexibility index (Phi) is 4.02. The molecule has 0 bridgehead atoms. The number of benzene rings is 2. The predicted molar refractivity (Wildman–Crippen MR) is 69.9 cm³/mol. The normalized spacial score (nSPS) is 10.3. The average Bonchev–Trinajstić information content (AvgIpc) is 2.28. The Morgan fingerprint density at radius 1 is 1.18 bits per heavy atom. The topological polar surface area (TPSA) is 9.23 Å². The molecule has 1 nitrogen and oxygen atoms in total. The zero-order valence-corrected chi connectivity index (χ0v) is 11.1. The third-order valence-corrected chi connectivity index (χ3v) is 3.18. The molecule has 0 aliphatic rings. The molecule has 0 radical (unpaired) electrons. The minimum absolute atomic E-state index is 0.308. The Morgan fingerprint density at radius 2 is 2.00 bits per heavy atom. The molecule has 0 unspecified atom stereocenters. The standard InChI is InChI=1S/C13H9BrClFO/c14-13-6-10(15)5-4-9(13)8-17-12-3-1-2-11(16)7-12/h1-7H,8H2. The molecule has 88 valence electrons. The van der Waals surface area contributed by atoms with E-state index in [2.05, 4.69) is 15.9 Å². The highest BCUT2D eigenvalue weighted by Gasteiger charge is 2.02. The maximum absolute atomic E-state index is 12.9. The summed E-state index contributed by atoms with van der Waals surface area (Å²) in [5, 5.41) is 0.659. The molecule has 0 aliphatic carbocycles. The second kappa shape index (κ2) is 5.52. The molecule has 0 atom stereocenters. The highest BCUT2D eigenvalue weighted by atomic mass is 79.9. The van der Waals surface area contributed by atoms with Crippen molar-refractivity contribution in [2.24, 2.45) is 0 Å². The van der Waals surface area contributed by atoms with Crippen molar-refractivity contribution in [2.45, 2.75) is 6.61 Å². The quantitative estimate of drug-likeness (QED) is 0.789. The van der Waals surface area contributed by atoms with E-state index >= 15 is 0 Å². The van der Waals surface area contributed by atoms with Gasteiger partial charge in [0.2, 0.25) is 0 Å². The molecule has 2 rings (SSSR count). The van der Waals surface area contributed by atoms with Crippen LogP contribution < -0.4 is 4.74 Å². The van der Waals surface area contributed by atoms with Gasteiger partial charge in [0.05, 0.1) is 0 Å². The lowest BCUT2D eigenvalue weighted by atomic mass is 10.2. The van der Waals surface area contributed by atoms with Crippen LogP contribution in [0.5, 0.6) is 5.75 Å². The Labute approximate surface area is 112 Å². The van der Waals surface area contributed by atoms with Gasteiger partial charge in [0.15, 0.2) is 0 Å². The molecule has 0 saturated carbocycles. The minimum atomic E-state index is -0.308. The molecule has 0 fully saturated rings. The van der Waals surface area contributed by atoms with E-state index in [0.29, 0.717) is 17.4 Å². The monoisotopic (exact) mass is 314 g/mol. The van der Waals surface area contributed by atoms with Crippen molar-refractivity contribution in [1.82, 2.24) is 0 Å². The van der Waals surface area contributed by atoms with Gasteiger partial charge in [-0.05, 0) is 24.3 Å². The van der Waals surface area contributed by atoms with Crippen LogP contribution in [0, 0.1) is 5.82 Å². The lowest BCUT2D eigenvalue weighted by Crippen LogP contribution is -1.96. The van der Waals surface area contributed by atoms with Gasteiger partial charge in [-0.1, -0.05) is 39.7 Å². The van der Waals surface area contributed by atoms with Crippen molar-refractivity contribution < 1.29 is 9.13 Å². The molecule has 0 aromatic heterocycles. The molecule has 0 saturated heterocycles. The number of halogens is 3. The van der Waals surface area contributed by atoms with E-state index in [-0.39, 0.29) is 5.82 Å². The second-order valence-electron chi connectivity index (χ2n) is 3.48. The zero-order chi connectivity index (χ0) is 12.3. The van der Waals surface area contributed by atoms with E-state index in [1.807, 2.05) is 6.07 Å². The fraction of sp³-hybridized carbons (Fsp3) is 0.0769. The first-order valence-corrected chi connectivity index (χ1v) is 6.14. The predicted octanol–water partition coefficient (Wildman–Crippen LogP) is 4.82. The first kappa shape index (κ1) is 12.4. The molecule has 0 N–H and O–H groups in total. The van der Waals surface area contributed by atoms with E-state index in [1.165, 1.54) is 12.1 Å². The van der Waals surface area contributed by atoms with Crippen LogP contribution in [0.2, 0.25) is 5.02 Å². The summed E-state index contributed by atoms with van der Waals surface area (Å²) in [6, 6.07) is 11.5. The molecular weight excluding hydrogens is 306 g/mol. The Morgan fingerprint density at radius 3 is 2.71 bits per heavy atom. The van der Waals surface area contributed by atoms with Gasteiger partial charge in [-0.2, -0.15) is 0 Å². The van der Waals surface area contributed by atoms with Crippen LogP contribution >= 0.6 is 27.5 Å². The van der Waals surface area contributed by atoms with Crippen LogP contribution in [0.1, 0.15) is 5.56 Å². The van der Waals surface area contributed by atoms with Crippen molar-refractivity contribution in [3.8, 4) is 5.75 Å². The van der Waals surface area contributed by atoms with Crippen molar-refractivity contribution in [3.63, 3.8) is 0 Å². The van der Waals surface area contributed by atoms with Gasteiger partial charge in [0, 0.05) is 21.1 Å². The van der Waals surface area contributed by atoms with E-state index in [0.717, 1.165) is 10.0 Å². The highest BCUT2D eigenvalue weighted by molar-refractivity contribution is 9.10. The molecule has 0 heterocycles. The average molecular weight is 316 g/mol. The van der Waals surface area contributed by atoms with Crippen molar-refractivity contribution >= 4 is 27.5 Å². The van der Waals surface area contributed by atoms with Gasteiger partial charge in [0.1, 0.15) is 18.2 Å². The van der Waals surface area contributed by atoms with E-state index in [4.69, 9.17) is 16.3 Å². The van der Waals surface area contributed by atoms with Crippen LogP contribution in [0.3, 0.4) is 0 Å². The molecule has 2 aromatic carbocycles. The summed E-state index contributed by atoms with van der Waals surface area (Å²) in [7, 11) is 0. The van der Waals surface area contributed by atoms with Gasteiger partial charge in [0.25, 0.3) is 0 Å². The summed E-state index contributed by atoms with van der Waals surface area (Å²) < 4.78 is 19.3. The van der Waals surface area contributed by atoms with E-state index < -0.39 is 0 Å². The SMILES string of the molecule is Fc1cccc(OCc2ccc(Cl)cc2Br)c1. The van der Waals surface area contributed by atoms with Crippen molar-refractivity contribution in [1.29, 1.82) is 0 Å². The Bertz CT molecular complexity index is 531. The fourth-order valence-corrected chi connectivity index (χ4v) is 2.15. The lowest BCUT2D eigenvalue weighted by molar-refractivity contribution is 0.304. The van der Waals surface area contributed by atoms with Gasteiger partial charge >= 0.3 is 0 Å².